The molecule has 4 atom stereocenters. The maximum absolute atomic E-state index is 12.8. The smallest absolute Gasteiger partial charge is 0.416 e. The summed E-state index contributed by atoms with van der Waals surface area (Å²) in [7, 11) is 0. The van der Waals surface area contributed by atoms with Crippen molar-refractivity contribution in [2.24, 2.45) is 17.8 Å². The van der Waals surface area contributed by atoms with E-state index in [4.69, 9.17) is 4.74 Å². The van der Waals surface area contributed by atoms with E-state index in [0.29, 0.717) is 48.2 Å². The molecule has 35 heavy (non-hydrogen) atoms. The van der Waals surface area contributed by atoms with Crippen molar-refractivity contribution in [2.45, 2.75) is 69.7 Å². The molecule has 188 valence electrons. The molecule has 3 aliphatic rings. The van der Waals surface area contributed by atoms with E-state index < -0.39 is 11.7 Å². The van der Waals surface area contributed by atoms with Crippen molar-refractivity contribution in [3.05, 3.63) is 65.7 Å². The maximum Gasteiger partial charge on any atom is 0.416 e. The highest BCUT2D eigenvalue weighted by atomic mass is 19.4. The van der Waals surface area contributed by atoms with E-state index in [1.165, 1.54) is 43.4 Å². The predicted molar refractivity (Wildman–Crippen MR) is 129 cm³/mol. The Hall–Kier alpha value is -2.34. The van der Waals surface area contributed by atoms with Gasteiger partial charge in [0.15, 0.2) is 0 Å². The minimum atomic E-state index is -4.35. The molecule has 2 unspecified atom stereocenters. The van der Waals surface area contributed by atoms with Gasteiger partial charge in [0.25, 0.3) is 0 Å². The second kappa shape index (κ2) is 9.96. The van der Waals surface area contributed by atoms with Gasteiger partial charge in [0, 0.05) is 31.5 Å². The molecule has 3 fully saturated rings. The number of rotatable bonds is 8. The lowest BCUT2D eigenvalue weighted by Gasteiger charge is -2.36. The fourth-order valence-electron chi connectivity index (χ4n) is 6.36. The molecule has 0 radical (unpaired) electrons. The van der Waals surface area contributed by atoms with E-state index >= 15 is 0 Å². The summed E-state index contributed by atoms with van der Waals surface area (Å²) in [5.74, 6) is 2.64. The van der Waals surface area contributed by atoms with Crippen LogP contribution in [0.1, 0.15) is 62.5 Å². The van der Waals surface area contributed by atoms with Gasteiger partial charge in [0.1, 0.15) is 11.5 Å². The molecule has 2 aliphatic carbocycles. The van der Waals surface area contributed by atoms with Crippen LogP contribution >= 0.6 is 0 Å². The molecule has 2 saturated carbocycles. The highest BCUT2D eigenvalue weighted by Crippen LogP contribution is 2.54. The Morgan fingerprint density at radius 1 is 0.971 bits per heavy atom. The summed E-state index contributed by atoms with van der Waals surface area (Å²) in [5, 5.41) is 0. The van der Waals surface area contributed by atoms with Gasteiger partial charge in [0.2, 0.25) is 0 Å². The summed E-state index contributed by atoms with van der Waals surface area (Å²) in [4.78, 5) is 15.5. The van der Waals surface area contributed by atoms with E-state index in [1.54, 1.807) is 0 Å². The number of ether oxygens (including phenoxy) is 1. The zero-order valence-corrected chi connectivity index (χ0v) is 20.2. The van der Waals surface area contributed by atoms with E-state index in [2.05, 4.69) is 35.2 Å². The number of fused-ring (bicyclic) bond motifs is 1. The maximum atomic E-state index is 12.8. The molecule has 3 nitrogen and oxygen atoms in total. The van der Waals surface area contributed by atoms with Crippen LogP contribution in [-0.4, -0.2) is 35.9 Å². The standard InChI is InChI=1S/C29H34F3NO2/c1-19(35-24-14-10-22(11-15-24)29(30,31)32)7-16-27(34)28-25-17-33(18-26(25)28)23-12-8-21(9-13-23)20-5-3-2-4-6-20/h2-6,10-11,14-15,19,21,23,25-26,28H,7-9,12-13,16-18H2,1H3/t19?,21?,23?,25-,26+,28?. The molecule has 0 bridgehead atoms. The van der Waals surface area contributed by atoms with Gasteiger partial charge in [-0.1, -0.05) is 30.3 Å². The van der Waals surface area contributed by atoms with E-state index in [9.17, 15) is 18.0 Å². The number of nitrogens with zero attached hydrogens (tertiary/aromatic N) is 1. The van der Waals surface area contributed by atoms with Gasteiger partial charge in [-0.15, -0.1) is 0 Å². The van der Waals surface area contributed by atoms with Gasteiger partial charge >= 0.3 is 6.18 Å². The highest BCUT2D eigenvalue weighted by Gasteiger charge is 2.59. The Balaban J connectivity index is 1.02. The number of carbonyl (C=O) groups excluding carboxylic acids is 1. The van der Waals surface area contributed by atoms with Gasteiger partial charge in [-0.05, 0) is 86.6 Å². The number of benzene rings is 2. The Bertz CT molecular complexity index is 987. The topological polar surface area (TPSA) is 29.5 Å². The van der Waals surface area contributed by atoms with Crippen LogP contribution in [0.4, 0.5) is 13.2 Å². The Kier molecular flexibility index (Phi) is 6.93. The molecule has 2 aromatic carbocycles. The summed E-state index contributed by atoms with van der Waals surface area (Å²) in [5.41, 5.74) is 0.781. The zero-order valence-electron chi connectivity index (χ0n) is 20.2. The van der Waals surface area contributed by atoms with Crippen molar-refractivity contribution in [1.82, 2.24) is 4.90 Å². The monoisotopic (exact) mass is 485 g/mol. The van der Waals surface area contributed by atoms with Crippen LogP contribution < -0.4 is 4.74 Å². The molecule has 0 N–H and O–H groups in total. The molecule has 2 aromatic rings. The van der Waals surface area contributed by atoms with Gasteiger partial charge in [0.05, 0.1) is 11.7 Å². The van der Waals surface area contributed by atoms with Crippen LogP contribution in [0.5, 0.6) is 5.75 Å². The Labute approximate surface area is 205 Å². The third-order valence-electron chi connectivity index (χ3n) is 8.39. The number of halogens is 3. The summed E-state index contributed by atoms with van der Waals surface area (Å²) < 4.78 is 43.8. The van der Waals surface area contributed by atoms with Crippen molar-refractivity contribution in [3.63, 3.8) is 0 Å². The number of hydrogen-bond donors (Lipinski definition) is 0. The minimum absolute atomic E-state index is 0.199. The van der Waals surface area contributed by atoms with E-state index in [1.807, 2.05) is 6.92 Å². The quantitative estimate of drug-likeness (QED) is 0.415. The zero-order chi connectivity index (χ0) is 24.6. The normalized spacial score (nSPS) is 29.4. The van der Waals surface area contributed by atoms with Crippen molar-refractivity contribution in [1.29, 1.82) is 0 Å². The molecular formula is C29H34F3NO2. The van der Waals surface area contributed by atoms with Crippen molar-refractivity contribution < 1.29 is 22.7 Å². The molecular weight excluding hydrogens is 451 g/mol. The molecule has 1 heterocycles. The van der Waals surface area contributed by atoms with Crippen molar-refractivity contribution in [3.8, 4) is 5.75 Å². The van der Waals surface area contributed by atoms with Crippen LogP contribution in [0.15, 0.2) is 54.6 Å². The molecule has 1 saturated heterocycles. The number of piperidine rings is 1. The average Bonchev–Trinajstić information content (AvgIpc) is 3.36. The van der Waals surface area contributed by atoms with Gasteiger partial charge < -0.3 is 4.74 Å². The molecule has 0 aromatic heterocycles. The van der Waals surface area contributed by atoms with Crippen LogP contribution in [0, 0.1) is 17.8 Å². The lowest BCUT2D eigenvalue weighted by Crippen LogP contribution is -2.38. The molecule has 0 spiro atoms. The lowest BCUT2D eigenvalue weighted by molar-refractivity contribution is -0.137. The number of Topliss-reactive ketones (excluding diaryl/α,β-unsaturated/α-hetero) is 1. The second-order valence-electron chi connectivity index (χ2n) is 10.7. The third-order valence-corrected chi connectivity index (χ3v) is 8.39. The number of hydrogen-bond acceptors (Lipinski definition) is 3. The SMILES string of the molecule is CC(CCC(=O)C1[C@H]2CN(C3CCC(c4ccccc4)CC3)C[C@@H]12)Oc1ccc(C(F)(F)F)cc1. The predicted octanol–water partition coefficient (Wildman–Crippen LogP) is 6.73. The van der Waals surface area contributed by atoms with Gasteiger partial charge in [-0.25, -0.2) is 0 Å². The van der Waals surface area contributed by atoms with Crippen molar-refractivity contribution in [2.75, 3.05) is 13.1 Å². The number of ketones is 1. The minimum Gasteiger partial charge on any atom is -0.491 e. The Morgan fingerprint density at radius 2 is 1.60 bits per heavy atom. The first-order chi connectivity index (χ1) is 16.8. The van der Waals surface area contributed by atoms with Crippen molar-refractivity contribution >= 4 is 5.78 Å². The van der Waals surface area contributed by atoms with Crippen LogP contribution in [-0.2, 0) is 11.0 Å². The second-order valence-corrected chi connectivity index (χ2v) is 10.7. The summed E-state index contributed by atoms with van der Waals surface area (Å²) >= 11 is 0. The number of likely N-dealkylation sites (tertiary alicyclic amines) is 1. The molecule has 6 heteroatoms. The van der Waals surface area contributed by atoms with Crippen LogP contribution in [0.25, 0.3) is 0 Å². The van der Waals surface area contributed by atoms with E-state index in [-0.39, 0.29) is 12.0 Å². The van der Waals surface area contributed by atoms with Crippen LogP contribution in [0.3, 0.4) is 0 Å². The summed E-state index contributed by atoms with van der Waals surface area (Å²) in [6.07, 6.45) is 1.48. The Morgan fingerprint density at radius 3 is 2.20 bits per heavy atom. The van der Waals surface area contributed by atoms with Gasteiger partial charge in [-0.2, -0.15) is 13.2 Å². The van der Waals surface area contributed by atoms with Crippen LogP contribution in [0.2, 0.25) is 0 Å². The number of alkyl halides is 3. The first-order valence-corrected chi connectivity index (χ1v) is 12.9. The lowest BCUT2D eigenvalue weighted by atomic mass is 9.81. The summed E-state index contributed by atoms with van der Waals surface area (Å²) in [6.45, 7) is 3.98. The first-order valence-electron chi connectivity index (χ1n) is 12.9. The molecule has 1 aliphatic heterocycles. The van der Waals surface area contributed by atoms with Gasteiger partial charge in [-0.3, -0.25) is 9.69 Å². The van der Waals surface area contributed by atoms with E-state index in [0.717, 1.165) is 25.2 Å². The number of carbonyl (C=O) groups is 1. The third kappa shape index (κ3) is 5.58. The first kappa shape index (κ1) is 24.4. The molecule has 5 rings (SSSR count). The fraction of sp³-hybridized carbons (Fsp3) is 0.552. The largest absolute Gasteiger partial charge is 0.491 e. The molecule has 0 amide bonds. The highest BCUT2D eigenvalue weighted by molar-refractivity contribution is 5.84. The fourth-order valence-corrected chi connectivity index (χ4v) is 6.36. The summed E-state index contributed by atoms with van der Waals surface area (Å²) in [6, 6.07) is 16.2. The average molecular weight is 486 g/mol.